The summed E-state index contributed by atoms with van der Waals surface area (Å²) in [4.78, 5) is 58.2. The number of hydrogen-bond donors (Lipinski definition) is 4. The molecule has 8 heterocycles. The fourth-order valence-electron chi connectivity index (χ4n) is 15.5. The second-order valence-electron chi connectivity index (χ2n) is 31.3. The minimum absolute atomic E-state index is 0.000900. The summed E-state index contributed by atoms with van der Waals surface area (Å²) >= 11 is 0. The number of fused-ring (bicyclic) bond motifs is 12. The van der Waals surface area contributed by atoms with Crippen LogP contribution in [0.1, 0.15) is 310 Å². The Kier molecular flexibility index (Phi) is 16.2. The van der Waals surface area contributed by atoms with Gasteiger partial charge in [-0.05, 0) is 191 Å². The van der Waals surface area contributed by atoms with Crippen molar-refractivity contribution in [1.82, 2.24) is 19.6 Å². The normalized spacial score (nSPS) is 40.3. The molecule has 0 saturated carbocycles. The largest absolute Gasteiger partial charge is 0.493 e. The highest BCUT2D eigenvalue weighted by molar-refractivity contribution is 5.77. The lowest BCUT2D eigenvalue weighted by Crippen LogP contribution is -2.51. The zero-order valence-electron chi connectivity index (χ0n) is 128. The summed E-state index contributed by atoms with van der Waals surface area (Å²) in [7, 11) is 1.72. The Balaban J connectivity index is 0.000000259. The van der Waals surface area contributed by atoms with E-state index in [1.807, 2.05) is 13.8 Å². The number of esters is 4. The molecular weight excluding hydrogens is 1520 g/mol. The van der Waals surface area contributed by atoms with E-state index in [0.29, 0.717) is 0 Å². The topological polar surface area (TPSA) is 296 Å². The second kappa shape index (κ2) is 43.9. The minimum Gasteiger partial charge on any atom is -0.493 e. The van der Waals surface area contributed by atoms with E-state index in [4.69, 9.17) is 154 Å². The molecule has 0 amide bonds. The van der Waals surface area contributed by atoms with Gasteiger partial charge in [-0.3, -0.25) is 38.8 Å². The molecule has 12 rings (SSSR count). The van der Waals surface area contributed by atoms with Gasteiger partial charge in [0, 0.05) is 186 Å². The maximum Gasteiger partial charge on any atom is 0.323 e. The third-order valence-electron chi connectivity index (χ3n) is 21.2. The SMILES string of the molecule is [2H]C([2H])([2H])Oc1cc2c(cc1OC)C1([2H])CC(OC(=O)[C@@]([2H])(N)C([2H])(C([2H])([2H])[2H])C([2H])([2H])[2H])C(CC(C)C)CN1C([2H])([2H])C2([2H])[2H].[2H]C([2H])([2H])Oc1cc2c(cc1OC)C1CC([2H])(OC(=O)[C@@]([2H])(N)C([2H])(C([2H])([2H])[2H])C([2H])([2H])[2H])C(CC(C)C)CN1C([2H])([2H])C2([2H])[2H].[2H]C1(OC(=O)[C@@]([2H])(N)C([2H])(C([2H])([2H])[2H])C([2H])([2H])[2H])CC2c3cc(OC)c(OC)cc3C([2H])([2H])C([2H])([2H])N2CC1CC(C)C.[2H]C12CC(OC(=O)[C@@]([2H])(N)C([2H])(C([2H])([2H])[2H])C([2H])([2H])[2H])C(CC(C)C)CN1C([2H])([2H])C([2H])([2H])c1cc(OC)c(OC)cc12. The second-order valence-corrected chi connectivity index (χ2v) is 31.3. The molecule has 24 heteroatoms. The lowest BCUT2D eigenvalue weighted by atomic mass is 9.79. The van der Waals surface area contributed by atoms with Gasteiger partial charge in [0.05, 0.1) is 75.9 Å². The van der Waals surface area contributed by atoms with E-state index in [-0.39, 0.29) is 136 Å². The molecule has 16 atom stereocenters. The van der Waals surface area contributed by atoms with E-state index in [0.717, 1.165) is 32.9 Å². The smallest absolute Gasteiger partial charge is 0.323 e. The number of methoxy groups -OCH3 is 8. The quantitative estimate of drug-likeness (QED) is 0.0303. The predicted octanol–water partition coefficient (Wildman–Crippen LogP) is 14.3. The van der Waals surface area contributed by atoms with Gasteiger partial charge in [0.25, 0.3) is 0 Å². The molecule has 0 aromatic heterocycles. The third-order valence-corrected chi connectivity index (χ3v) is 21.2. The predicted molar refractivity (Wildman–Crippen MR) is 471 cm³/mol. The van der Waals surface area contributed by atoms with Crippen molar-refractivity contribution in [1.29, 1.82) is 0 Å². The first-order chi connectivity index (χ1) is 79.3. The van der Waals surface area contributed by atoms with Crippen LogP contribution in [0.3, 0.4) is 0 Å². The Morgan fingerprint density at radius 2 is 0.617 bits per heavy atom. The van der Waals surface area contributed by atoms with Crippen LogP contribution in [0.15, 0.2) is 48.5 Å². The summed E-state index contributed by atoms with van der Waals surface area (Å²) < 4.78 is 538. The van der Waals surface area contributed by atoms with E-state index in [2.05, 4.69) is 0 Å². The van der Waals surface area contributed by atoms with Crippen molar-refractivity contribution in [3.63, 3.8) is 0 Å². The van der Waals surface area contributed by atoms with Crippen molar-refractivity contribution >= 4 is 23.9 Å². The number of rotatable bonds is 28. The molecule has 0 spiro atoms. The Labute approximate surface area is 800 Å². The highest BCUT2D eigenvalue weighted by atomic mass is 16.6. The van der Waals surface area contributed by atoms with Gasteiger partial charge in [-0.1, -0.05) is 110 Å². The van der Waals surface area contributed by atoms with Crippen molar-refractivity contribution in [3.05, 3.63) is 93.0 Å². The zero-order valence-corrected chi connectivity index (χ0v) is 69.7. The van der Waals surface area contributed by atoms with Gasteiger partial charge in [-0.15, -0.1) is 0 Å². The summed E-state index contributed by atoms with van der Waals surface area (Å²) in [6.45, 7) is -28.1. The molecule has 0 aliphatic carbocycles. The molecular formula is C96H152N8O16. The van der Waals surface area contributed by atoms with Gasteiger partial charge in [0.2, 0.25) is 0 Å². The first-order valence-electron chi connectivity index (χ1n) is 67.8. The summed E-state index contributed by atoms with van der Waals surface area (Å²) in [5.74, 6) is -27.9. The number of aryl methyl sites for hydroxylation is 4. The first-order valence-corrected chi connectivity index (χ1v) is 38.8. The number of piperidine rings is 4. The van der Waals surface area contributed by atoms with Crippen LogP contribution in [0, 0.1) is 70.9 Å². The summed E-state index contributed by atoms with van der Waals surface area (Å²) in [6.07, 6.45) is -19.8. The molecule has 0 bridgehead atoms. The average molecular weight is 1730 g/mol. The Morgan fingerprint density at radius 3 is 0.900 bits per heavy atom. The molecule has 4 saturated heterocycles. The Morgan fingerprint density at radius 1 is 0.367 bits per heavy atom. The van der Waals surface area contributed by atoms with Crippen molar-refractivity contribution in [2.45, 2.75) is 260 Å². The van der Waals surface area contributed by atoms with Crippen molar-refractivity contribution in [2.24, 2.45) is 93.9 Å². The number of carbonyl (C=O) groups is 4. The maximum absolute atomic E-state index is 13.5. The molecule has 8 aliphatic heterocycles. The van der Waals surface area contributed by atoms with Gasteiger partial charge in [-0.25, -0.2) is 0 Å². The number of nitrogens with two attached hydrogens (primary N) is 4. The van der Waals surface area contributed by atoms with Gasteiger partial charge >= 0.3 is 23.9 Å². The molecule has 672 valence electrons. The van der Waals surface area contributed by atoms with Crippen LogP contribution in [0.25, 0.3) is 0 Å². The van der Waals surface area contributed by atoms with Gasteiger partial charge < -0.3 is 79.8 Å². The fraction of sp³-hybridized carbons (Fsp3) is 0.708. The van der Waals surface area contributed by atoms with Gasteiger partial charge in [0.1, 0.15) is 48.4 Å². The molecule has 8 N–H and O–H groups in total. The summed E-state index contributed by atoms with van der Waals surface area (Å²) in [5.41, 5.74) is 22.0. The van der Waals surface area contributed by atoms with Crippen LogP contribution in [0.4, 0.5) is 0 Å². The molecule has 0 radical (unpaired) electrons. The molecule has 24 nitrogen and oxygen atoms in total. The number of benzene rings is 4. The van der Waals surface area contributed by atoms with Crippen LogP contribution in [0.5, 0.6) is 46.0 Å². The standard InChI is InChI=1S/4C24H38N2O4/c4*1-14(2)9-17-13-26-8-7-16-10-21(28-5)22(29-6)11-18(16)19(26)12-20(17)30-24(27)23(25)15(3)4/h4*10-11,14-15,17,19-20,23H,7-9,12-13,25H2,1-6H3/t4*17?,19?,20?,23-/m0000/s1/i3D3,4D3,5D3,7D2,8D2,15D,20D,23D;3D3,4D3,5D3,7D2,8D2,15D,19D,23D;3D3,4D3,7D2,8D2,15D,20D,23D;3D3,4D3,7D2,8D2,15D,19D,23D. The molecule has 120 heavy (non-hydrogen) atoms. The van der Waals surface area contributed by atoms with Crippen LogP contribution >= 0.6 is 0 Å². The van der Waals surface area contributed by atoms with E-state index in [1.54, 1.807) is 41.5 Å². The highest BCUT2D eigenvalue weighted by Crippen LogP contribution is 2.50. The molecule has 4 fully saturated rings. The monoisotopic (exact) mass is 1730 g/mol. The molecule has 4 aromatic rings. The fourth-order valence-corrected chi connectivity index (χ4v) is 15.5. The summed E-state index contributed by atoms with van der Waals surface area (Å²) in [5, 5.41) is 0. The van der Waals surface area contributed by atoms with Crippen LogP contribution in [0.2, 0.25) is 0 Å². The molecule has 4 aromatic carbocycles. The lowest BCUT2D eigenvalue weighted by Gasteiger charge is -2.47. The number of hydrogen-bond acceptors (Lipinski definition) is 24. The van der Waals surface area contributed by atoms with Gasteiger partial charge in [-0.2, -0.15) is 0 Å². The zero-order chi connectivity index (χ0) is 138. The van der Waals surface area contributed by atoms with Crippen molar-refractivity contribution in [2.75, 3.05) is 109 Å². The third kappa shape index (κ3) is 23.8. The van der Waals surface area contributed by atoms with E-state index in [9.17, 15) is 24.7 Å². The molecule has 8 aliphatic rings. The van der Waals surface area contributed by atoms with Crippen molar-refractivity contribution in [3.8, 4) is 46.0 Å². The number of nitrogens with zero attached hydrogens (tertiary/aromatic N) is 4. The number of carbonyl (C=O) groups excluding carboxylic acids is 4. The van der Waals surface area contributed by atoms with E-state index >= 15 is 0 Å². The van der Waals surface area contributed by atoms with E-state index < -0.39 is 320 Å². The van der Waals surface area contributed by atoms with Gasteiger partial charge in [0.15, 0.2) is 46.0 Å². The Hall–Kier alpha value is -7.16. The van der Waals surface area contributed by atoms with Crippen LogP contribution in [-0.4, -0.2) is 201 Å². The first kappa shape index (κ1) is 44.1. The highest BCUT2D eigenvalue weighted by Gasteiger charge is 2.47. The summed E-state index contributed by atoms with van der Waals surface area (Å²) in [6, 6.07) is -11.8. The molecule has 12 unspecified atom stereocenters. The maximum atomic E-state index is 13.5. The average Bonchev–Trinajstić information content (AvgIpc) is 0.686. The van der Waals surface area contributed by atoms with E-state index in [1.165, 1.54) is 77.9 Å². The Bertz CT molecular complexity index is 6610. The lowest BCUT2D eigenvalue weighted by molar-refractivity contribution is -0.161. The van der Waals surface area contributed by atoms with Crippen LogP contribution < -0.4 is 60.8 Å². The van der Waals surface area contributed by atoms with Crippen LogP contribution in [-0.2, 0) is 63.6 Å². The number of ether oxygens (including phenoxy) is 12. The van der Waals surface area contributed by atoms with Crippen molar-refractivity contribution < 1.29 is 156 Å². The minimum atomic E-state index is -3.88.